The van der Waals surface area contributed by atoms with Gasteiger partial charge < -0.3 is 10.8 Å². The van der Waals surface area contributed by atoms with Crippen molar-refractivity contribution in [3.63, 3.8) is 0 Å². The highest BCUT2D eigenvalue weighted by Crippen LogP contribution is 2.25. The molecule has 2 nitrogen and oxygen atoms in total. The molecule has 96 valence electrons. The van der Waals surface area contributed by atoms with Crippen LogP contribution in [-0.4, -0.2) is 5.11 Å². The molecule has 1 atom stereocenters. The molecule has 0 heterocycles. The minimum Gasteiger partial charge on any atom is -0.398 e. The van der Waals surface area contributed by atoms with Crippen LogP contribution in [0.4, 0.5) is 10.1 Å². The Hall–Kier alpha value is -1.09. The standard InChI is InChI=1S/C14H22FNO/c1-2-3-4-5-6-7-14(17)12-10-11(15)8-9-13(12)16/h8-10,14,17H,2-7,16H2,1H3. The van der Waals surface area contributed by atoms with Gasteiger partial charge in [-0.3, -0.25) is 0 Å². The van der Waals surface area contributed by atoms with Crippen LogP contribution in [0.1, 0.15) is 57.1 Å². The summed E-state index contributed by atoms with van der Waals surface area (Å²) < 4.78 is 13.0. The summed E-state index contributed by atoms with van der Waals surface area (Å²) in [5.41, 5.74) is 6.70. The van der Waals surface area contributed by atoms with Crippen LogP contribution in [0.3, 0.4) is 0 Å². The third-order valence-corrected chi connectivity index (χ3v) is 2.99. The van der Waals surface area contributed by atoms with E-state index >= 15 is 0 Å². The number of halogens is 1. The Morgan fingerprint density at radius 1 is 1.24 bits per heavy atom. The number of hydrogen-bond acceptors (Lipinski definition) is 2. The molecule has 0 saturated heterocycles. The number of aliphatic hydroxyl groups excluding tert-OH is 1. The molecule has 1 aromatic carbocycles. The van der Waals surface area contributed by atoms with Crippen molar-refractivity contribution in [2.45, 2.75) is 51.6 Å². The Balaban J connectivity index is 2.41. The highest BCUT2D eigenvalue weighted by Gasteiger charge is 2.11. The van der Waals surface area contributed by atoms with Crippen molar-refractivity contribution >= 4 is 5.69 Å². The first-order valence-electron chi connectivity index (χ1n) is 6.38. The molecule has 0 bridgehead atoms. The monoisotopic (exact) mass is 239 g/mol. The molecule has 0 aromatic heterocycles. The van der Waals surface area contributed by atoms with Crippen LogP contribution in [0.25, 0.3) is 0 Å². The van der Waals surface area contributed by atoms with Crippen LogP contribution in [0, 0.1) is 5.82 Å². The quantitative estimate of drug-likeness (QED) is 0.561. The SMILES string of the molecule is CCCCCCCC(O)c1cc(F)ccc1N. The van der Waals surface area contributed by atoms with Crippen LogP contribution in [0.5, 0.6) is 0 Å². The number of nitrogen functional groups attached to an aromatic ring is 1. The largest absolute Gasteiger partial charge is 0.398 e. The molecule has 3 N–H and O–H groups in total. The lowest BCUT2D eigenvalue weighted by atomic mass is 10.0. The van der Waals surface area contributed by atoms with E-state index in [2.05, 4.69) is 6.92 Å². The molecule has 1 unspecified atom stereocenters. The van der Waals surface area contributed by atoms with E-state index in [0.29, 0.717) is 17.7 Å². The molecule has 0 aliphatic carbocycles. The van der Waals surface area contributed by atoms with E-state index < -0.39 is 6.10 Å². The van der Waals surface area contributed by atoms with Crippen molar-refractivity contribution in [1.29, 1.82) is 0 Å². The zero-order chi connectivity index (χ0) is 12.7. The van der Waals surface area contributed by atoms with Gasteiger partial charge in [-0.15, -0.1) is 0 Å². The number of anilines is 1. The summed E-state index contributed by atoms with van der Waals surface area (Å²) in [5.74, 6) is -0.348. The first-order valence-corrected chi connectivity index (χ1v) is 6.38. The zero-order valence-electron chi connectivity index (χ0n) is 10.5. The van der Waals surface area contributed by atoms with E-state index in [-0.39, 0.29) is 5.82 Å². The third-order valence-electron chi connectivity index (χ3n) is 2.99. The summed E-state index contributed by atoms with van der Waals surface area (Å²) in [6.07, 6.45) is 5.71. The van der Waals surface area contributed by atoms with Crippen LogP contribution in [0.2, 0.25) is 0 Å². The lowest BCUT2D eigenvalue weighted by Gasteiger charge is -2.13. The van der Waals surface area contributed by atoms with Crippen LogP contribution in [-0.2, 0) is 0 Å². The lowest BCUT2D eigenvalue weighted by molar-refractivity contribution is 0.163. The molecule has 0 amide bonds. The van der Waals surface area contributed by atoms with Crippen LogP contribution in [0.15, 0.2) is 18.2 Å². The predicted molar refractivity (Wildman–Crippen MR) is 69.1 cm³/mol. The maximum Gasteiger partial charge on any atom is 0.123 e. The molecular formula is C14H22FNO. The number of rotatable bonds is 7. The fraction of sp³-hybridized carbons (Fsp3) is 0.571. The molecule has 1 aromatic rings. The Morgan fingerprint density at radius 3 is 2.65 bits per heavy atom. The van der Waals surface area contributed by atoms with E-state index in [1.807, 2.05) is 0 Å². The predicted octanol–water partition coefficient (Wildman–Crippen LogP) is 3.80. The Bertz CT molecular complexity index is 341. The Morgan fingerprint density at radius 2 is 1.94 bits per heavy atom. The summed E-state index contributed by atoms with van der Waals surface area (Å²) >= 11 is 0. The van der Waals surface area contributed by atoms with Gasteiger partial charge in [0.25, 0.3) is 0 Å². The van der Waals surface area contributed by atoms with Gasteiger partial charge in [-0.25, -0.2) is 4.39 Å². The summed E-state index contributed by atoms with van der Waals surface area (Å²) in [6.45, 7) is 2.17. The minimum atomic E-state index is -0.646. The first kappa shape index (κ1) is 14.0. The average molecular weight is 239 g/mol. The normalized spacial score (nSPS) is 12.6. The van der Waals surface area contributed by atoms with Gasteiger partial charge in [0, 0.05) is 11.3 Å². The van der Waals surface area contributed by atoms with Gasteiger partial charge in [-0.1, -0.05) is 39.0 Å². The van der Waals surface area contributed by atoms with Crippen molar-refractivity contribution < 1.29 is 9.50 Å². The van der Waals surface area contributed by atoms with E-state index in [0.717, 1.165) is 12.8 Å². The molecule has 0 aliphatic heterocycles. The average Bonchev–Trinajstić information content (AvgIpc) is 2.32. The van der Waals surface area contributed by atoms with Gasteiger partial charge in [0.05, 0.1) is 6.10 Å². The second-order valence-electron chi connectivity index (χ2n) is 4.49. The fourth-order valence-corrected chi connectivity index (χ4v) is 1.93. The van der Waals surface area contributed by atoms with Crippen molar-refractivity contribution in [3.8, 4) is 0 Å². The highest BCUT2D eigenvalue weighted by molar-refractivity contribution is 5.47. The molecule has 0 spiro atoms. The van der Waals surface area contributed by atoms with E-state index in [9.17, 15) is 9.50 Å². The molecule has 0 fully saturated rings. The number of aliphatic hydroxyl groups is 1. The van der Waals surface area contributed by atoms with Gasteiger partial charge in [-0.2, -0.15) is 0 Å². The zero-order valence-corrected chi connectivity index (χ0v) is 10.5. The summed E-state index contributed by atoms with van der Waals surface area (Å²) in [5, 5.41) is 9.94. The molecule has 0 radical (unpaired) electrons. The molecule has 0 aliphatic rings. The van der Waals surface area contributed by atoms with Gasteiger partial charge in [-0.05, 0) is 24.6 Å². The number of unbranched alkanes of at least 4 members (excludes halogenated alkanes) is 4. The van der Waals surface area contributed by atoms with Gasteiger partial charge in [0.15, 0.2) is 0 Å². The summed E-state index contributed by atoms with van der Waals surface area (Å²) in [4.78, 5) is 0. The molecule has 3 heteroatoms. The van der Waals surface area contributed by atoms with Gasteiger partial charge >= 0.3 is 0 Å². The van der Waals surface area contributed by atoms with Crippen LogP contribution >= 0.6 is 0 Å². The van der Waals surface area contributed by atoms with E-state index in [1.165, 1.54) is 37.5 Å². The van der Waals surface area contributed by atoms with Crippen molar-refractivity contribution in [2.24, 2.45) is 0 Å². The first-order chi connectivity index (χ1) is 8.15. The lowest BCUT2D eigenvalue weighted by Crippen LogP contribution is -2.03. The number of benzene rings is 1. The fourth-order valence-electron chi connectivity index (χ4n) is 1.93. The molecular weight excluding hydrogens is 217 g/mol. The topological polar surface area (TPSA) is 46.2 Å². The summed E-state index contributed by atoms with van der Waals surface area (Å²) in [6, 6.07) is 4.14. The highest BCUT2D eigenvalue weighted by atomic mass is 19.1. The maximum atomic E-state index is 13.0. The van der Waals surface area contributed by atoms with Crippen molar-refractivity contribution in [2.75, 3.05) is 5.73 Å². The van der Waals surface area contributed by atoms with Crippen LogP contribution < -0.4 is 5.73 Å². The number of hydrogen-bond donors (Lipinski definition) is 2. The Labute approximate surface area is 103 Å². The van der Waals surface area contributed by atoms with Crippen molar-refractivity contribution in [1.82, 2.24) is 0 Å². The third kappa shape index (κ3) is 4.73. The Kier molecular flexibility index (Phi) is 5.98. The van der Waals surface area contributed by atoms with Gasteiger partial charge in [0.2, 0.25) is 0 Å². The van der Waals surface area contributed by atoms with Crippen molar-refractivity contribution in [3.05, 3.63) is 29.6 Å². The maximum absolute atomic E-state index is 13.0. The minimum absolute atomic E-state index is 0.348. The molecule has 1 rings (SSSR count). The number of nitrogens with two attached hydrogens (primary N) is 1. The second-order valence-corrected chi connectivity index (χ2v) is 4.49. The van der Waals surface area contributed by atoms with Gasteiger partial charge in [0.1, 0.15) is 5.82 Å². The second kappa shape index (κ2) is 7.28. The smallest absolute Gasteiger partial charge is 0.123 e. The summed E-state index contributed by atoms with van der Waals surface area (Å²) in [7, 11) is 0. The van der Waals surface area contributed by atoms with E-state index in [4.69, 9.17) is 5.73 Å². The van der Waals surface area contributed by atoms with E-state index in [1.54, 1.807) is 0 Å². The molecule has 0 saturated carbocycles. The molecule has 17 heavy (non-hydrogen) atoms.